The Hall–Kier alpha value is -4.81. The minimum Gasteiger partial charge on any atom is -0.496 e. The molecule has 5 heterocycles. The number of ether oxygens (including phenoxy) is 2. The highest BCUT2D eigenvalue weighted by molar-refractivity contribution is 5.98. The Morgan fingerprint density at radius 1 is 0.943 bits per heavy atom. The van der Waals surface area contributed by atoms with E-state index < -0.39 is 0 Å². The van der Waals surface area contributed by atoms with Crippen molar-refractivity contribution in [2.75, 3.05) is 46.9 Å². The number of fused-ring (bicyclic) bond motifs is 1. The third-order valence-electron chi connectivity index (χ3n) is 11.6. The van der Waals surface area contributed by atoms with Crippen LogP contribution in [0.3, 0.4) is 0 Å². The van der Waals surface area contributed by atoms with Crippen LogP contribution in [0.2, 0.25) is 0 Å². The van der Waals surface area contributed by atoms with Gasteiger partial charge in [-0.25, -0.2) is 0 Å². The van der Waals surface area contributed by atoms with Crippen molar-refractivity contribution in [3.63, 3.8) is 0 Å². The molecular weight excluding hydrogens is 672 g/mol. The standard InChI is InChI=1S/C41H50N6O6/c1-45-24-35(32-21-42-22-33(32)41(45)51)30-19-36(52-2)34(37(20-30)53-3)23-43-31-12-14-46(15-13-31)25-39(49)47-16-10-28(11-17-47)27-6-4-26(5-7-27)18-29-8-9-38(48)44-40(29)50/h4-7,19-21,24,28-29,31,43H,8-18,22-23,25H2,1-3H3,(H,44,48,50). The molecular formula is C41H50N6O6. The van der Waals surface area contributed by atoms with Crippen LogP contribution in [0.4, 0.5) is 0 Å². The molecule has 3 fully saturated rings. The van der Waals surface area contributed by atoms with Gasteiger partial charge in [0.1, 0.15) is 11.5 Å². The molecule has 2 N–H and O–H groups in total. The number of piperidine rings is 3. The maximum absolute atomic E-state index is 13.3. The number of benzene rings is 2. The smallest absolute Gasteiger partial charge is 0.256 e. The molecule has 0 bridgehead atoms. The highest BCUT2D eigenvalue weighted by Gasteiger charge is 2.29. The molecule has 1 atom stereocenters. The van der Waals surface area contributed by atoms with Gasteiger partial charge in [0.2, 0.25) is 17.7 Å². The number of nitrogens with one attached hydrogen (secondary N) is 2. The van der Waals surface area contributed by atoms with Crippen LogP contribution < -0.4 is 25.7 Å². The number of amides is 3. The van der Waals surface area contributed by atoms with E-state index >= 15 is 0 Å². The number of methoxy groups -OCH3 is 2. The van der Waals surface area contributed by atoms with Crippen LogP contribution in [0.15, 0.2) is 52.4 Å². The number of aromatic nitrogens is 1. The first-order valence-corrected chi connectivity index (χ1v) is 18.8. The molecule has 4 aliphatic rings. The van der Waals surface area contributed by atoms with E-state index in [0.717, 1.165) is 91.2 Å². The van der Waals surface area contributed by atoms with Crippen molar-refractivity contribution < 1.29 is 23.9 Å². The molecule has 0 aliphatic carbocycles. The summed E-state index contributed by atoms with van der Waals surface area (Å²) >= 11 is 0. The van der Waals surface area contributed by atoms with E-state index in [1.807, 2.05) is 23.2 Å². The molecule has 280 valence electrons. The van der Waals surface area contributed by atoms with Crippen molar-refractivity contribution in [1.29, 1.82) is 0 Å². The molecule has 3 saturated heterocycles. The van der Waals surface area contributed by atoms with E-state index in [0.29, 0.717) is 56.4 Å². The molecule has 1 unspecified atom stereocenters. The molecule has 2 aromatic carbocycles. The molecule has 12 nitrogen and oxygen atoms in total. The number of hydrogen-bond acceptors (Lipinski definition) is 9. The maximum atomic E-state index is 13.3. The molecule has 0 spiro atoms. The normalized spacial score (nSPS) is 19.7. The van der Waals surface area contributed by atoms with Crippen molar-refractivity contribution in [1.82, 2.24) is 25.0 Å². The molecule has 7 rings (SSSR count). The van der Waals surface area contributed by atoms with E-state index in [9.17, 15) is 19.2 Å². The van der Waals surface area contributed by atoms with Crippen LogP contribution in [0.5, 0.6) is 11.5 Å². The lowest BCUT2D eigenvalue weighted by Gasteiger charge is -2.36. The Kier molecular flexibility index (Phi) is 11.1. The first kappa shape index (κ1) is 36.5. The highest BCUT2D eigenvalue weighted by atomic mass is 16.5. The van der Waals surface area contributed by atoms with Gasteiger partial charge >= 0.3 is 0 Å². The van der Waals surface area contributed by atoms with Crippen molar-refractivity contribution in [2.24, 2.45) is 18.0 Å². The molecule has 3 amide bonds. The monoisotopic (exact) mass is 722 g/mol. The van der Waals surface area contributed by atoms with Crippen molar-refractivity contribution in [3.8, 4) is 22.6 Å². The number of hydrogen-bond donors (Lipinski definition) is 2. The van der Waals surface area contributed by atoms with Crippen LogP contribution >= 0.6 is 0 Å². The number of imide groups is 1. The summed E-state index contributed by atoms with van der Waals surface area (Å²) in [5.41, 5.74) is 6.69. The number of carbonyl (C=O) groups excluding carboxylic acids is 3. The Bertz CT molecular complexity index is 1910. The van der Waals surface area contributed by atoms with Crippen molar-refractivity contribution in [3.05, 3.63) is 80.8 Å². The predicted molar refractivity (Wildman–Crippen MR) is 202 cm³/mol. The summed E-state index contributed by atoms with van der Waals surface area (Å²) in [7, 11) is 5.09. The third kappa shape index (κ3) is 8.08. The molecule has 53 heavy (non-hydrogen) atoms. The summed E-state index contributed by atoms with van der Waals surface area (Å²) in [5, 5.41) is 6.16. The molecule has 4 aliphatic heterocycles. The molecule has 0 saturated carbocycles. The van der Waals surface area contributed by atoms with Gasteiger partial charge in [-0.3, -0.25) is 34.4 Å². The highest BCUT2D eigenvalue weighted by Crippen LogP contribution is 2.37. The van der Waals surface area contributed by atoms with Gasteiger partial charge < -0.3 is 24.3 Å². The quantitative estimate of drug-likeness (QED) is 0.287. The summed E-state index contributed by atoms with van der Waals surface area (Å²) in [5.74, 6) is 1.58. The third-order valence-corrected chi connectivity index (χ3v) is 11.6. The Morgan fingerprint density at radius 3 is 2.30 bits per heavy atom. The van der Waals surface area contributed by atoms with Crippen LogP contribution in [0.25, 0.3) is 11.1 Å². The topological polar surface area (TPSA) is 135 Å². The van der Waals surface area contributed by atoms with E-state index in [4.69, 9.17) is 9.47 Å². The van der Waals surface area contributed by atoms with E-state index in [1.165, 1.54) is 5.56 Å². The predicted octanol–water partition coefficient (Wildman–Crippen LogP) is 3.56. The number of likely N-dealkylation sites (tertiary alicyclic amines) is 2. The molecule has 1 aromatic heterocycles. The average Bonchev–Trinajstić information content (AvgIpc) is 3.68. The van der Waals surface area contributed by atoms with E-state index in [1.54, 1.807) is 32.0 Å². The second kappa shape index (κ2) is 16.1. The summed E-state index contributed by atoms with van der Waals surface area (Å²) < 4.78 is 13.3. The van der Waals surface area contributed by atoms with Crippen LogP contribution in [0, 0.1) is 5.92 Å². The Morgan fingerprint density at radius 2 is 1.64 bits per heavy atom. The first-order valence-electron chi connectivity index (χ1n) is 18.8. The zero-order chi connectivity index (χ0) is 37.1. The van der Waals surface area contributed by atoms with Crippen molar-refractivity contribution in [2.45, 2.75) is 70.0 Å². The van der Waals surface area contributed by atoms with Gasteiger partial charge in [0.15, 0.2) is 0 Å². The van der Waals surface area contributed by atoms with Gasteiger partial charge in [0.05, 0.1) is 27.3 Å². The minimum atomic E-state index is -0.179. The summed E-state index contributed by atoms with van der Waals surface area (Å²) in [4.78, 5) is 58.2. The van der Waals surface area contributed by atoms with Crippen LogP contribution in [-0.2, 0) is 40.9 Å². The number of rotatable bonds is 11. The Balaban J connectivity index is 0.870. The zero-order valence-electron chi connectivity index (χ0n) is 31.0. The number of aryl methyl sites for hydroxylation is 1. The maximum Gasteiger partial charge on any atom is 0.256 e. The second-order valence-corrected chi connectivity index (χ2v) is 14.9. The zero-order valence-corrected chi connectivity index (χ0v) is 31.0. The van der Waals surface area contributed by atoms with Gasteiger partial charge in [0.25, 0.3) is 5.56 Å². The number of aliphatic imine (C=N–C) groups is 1. The second-order valence-electron chi connectivity index (χ2n) is 14.9. The van der Waals surface area contributed by atoms with E-state index in [-0.39, 0.29) is 29.2 Å². The lowest BCUT2D eigenvalue weighted by atomic mass is 9.87. The van der Waals surface area contributed by atoms with Crippen molar-refractivity contribution >= 4 is 23.9 Å². The number of carbonyl (C=O) groups is 3. The van der Waals surface area contributed by atoms with Gasteiger partial charge in [-0.1, -0.05) is 24.3 Å². The Labute approximate surface area is 310 Å². The van der Waals surface area contributed by atoms with Gasteiger partial charge in [-0.2, -0.15) is 0 Å². The van der Waals surface area contributed by atoms with E-state index in [2.05, 4.69) is 44.8 Å². The molecule has 12 heteroatoms. The SMILES string of the molecule is COc1cc(-c2cn(C)c(=O)c3c2C=NC3)cc(OC)c1CNC1CCN(CC(=O)N2CCC(c3ccc(CC4CCC(=O)NC4=O)cc3)CC2)CC1. The lowest BCUT2D eigenvalue weighted by Crippen LogP contribution is -2.48. The number of pyridine rings is 1. The number of nitrogens with zero attached hydrogens (tertiary/aromatic N) is 4. The molecule has 3 aromatic rings. The van der Waals surface area contributed by atoms with Gasteiger partial charge in [-0.05, 0) is 73.3 Å². The lowest BCUT2D eigenvalue weighted by molar-refractivity contribution is -0.136. The summed E-state index contributed by atoms with van der Waals surface area (Å²) in [6.45, 7) is 4.68. The summed E-state index contributed by atoms with van der Waals surface area (Å²) in [6.07, 6.45) is 9.07. The molecule has 0 radical (unpaired) electrons. The van der Waals surface area contributed by atoms with Crippen LogP contribution in [0.1, 0.15) is 72.3 Å². The first-order chi connectivity index (χ1) is 25.7. The fourth-order valence-electron chi connectivity index (χ4n) is 8.32. The fourth-order valence-corrected chi connectivity index (χ4v) is 8.32. The summed E-state index contributed by atoms with van der Waals surface area (Å²) in [6, 6.07) is 12.9. The fraction of sp³-hybridized carbons (Fsp3) is 0.488. The van der Waals surface area contributed by atoms with Gasteiger partial charge in [-0.15, -0.1) is 0 Å². The minimum absolute atomic E-state index is 0.0260. The average molecular weight is 723 g/mol. The van der Waals surface area contributed by atoms with Gasteiger partial charge in [0, 0.05) is 92.8 Å². The van der Waals surface area contributed by atoms with Crippen LogP contribution in [-0.4, -0.2) is 91.3 Å². The largest absolute Gasteiger partial charge is 0.496 e.